The quantitative estimate of drug-likeness (QED) is 0.791. The number of carbonyl (C=O) groups excluding carboxylic acids is 1. The molecule has 4 rings (SSSR count). The summed E-state index contributed by atoms with van der Waals surface area (Å²) in [6.45, 7) is 8.28. The Bertz CT molecular complexity index is 807. The Morgan fingerprint density at radius 2 is 1.96 bits per heavy atom. The zero-order valence-corrected chi connectivity index (χ0v) is 16.1. The van der Waals surface area contributed by atoms with E-state index in [1.165, 1.54) is 16.0 Å². The van der Waals surface area contributed by atoms with Crippen LogP contribution in [0.15, 0.2) is 36.5 Å². The van der Waals surface area contributed by atoms with E-state index in [1.807, 2.05) is 0 Å². The standard InChI is InChI=1S/C20H26N6O2/c1-15(17-4-2-16(3-5-17)14-25-10-8-21-9-11-25)23-19-22-7-6-18(24-19)26-12-13-28-20(26)27/h2-7,15,21H,8-14H2,1H3,(H,22,23,24)/t15-/m0/s1. The fourth-order valence-electron chi connectivity index (χ4n) is 3.49. The first-order valence-corrected chi connectivity index (χ1v) is 9.75. The fourth-order valence-corrected chi connectivity index (χ4v) is 3.49. The third-order valence-electron chi connectivity index (χ3n) is 5.12. The molecule has 1 amide bonds. The number of piperazine rings is 1. The lowest BCUT2D eigenvalue weighted by Crippen LogP contribution is -2.42. The Morgan fingerprint density at radius 3 is 2.68 bits per heavy atom. The summed E-state index contributed by atoms with van der Waals surface area (Å²) in [5.74, 6) is 1.05. The van der Waals surface area contributed by atoms with Crippen molar-refractivity contribution in [2.75, 3.05) is 49.5 Å². The fraction of sp³-hybridized carbons (Fsp3) is 0.450. The van der Waals surface area contributed by atoms with E-state index >= 15 is 0 Å². The molecular formula is C20H26N6O2. The molecule has 2 N–H and O–H groups in total. The second-order valence-electron chi connectivity index (χ2n) is 7.14. The SMILES string of the molecule is C[C@H](Nc1nccc(N2CCOC2=O)n1)c1ccc(CN2CCNCC2)cc1. The van der Waals surface area contributed by atoms with Crippen LogP contribution in [0.1, 0.15) is 24.1 Å². The van der Waals surface area contributed by atoms with Gasteiger partial charge in [0.05, 0.1) is 12.6 Å². The summed E-state index contributed by atoms with van der Waals surface area (Å²) in [4.78, 5) is 24.4. The number of nitrogens with zero attached hydrogens (tertiary/aromatic N) is 4. The van der Waals surface area contributed by atoms with E-state index in [9.17, 15) is 4.79 Å². The van der Waals surface area contributed by atoms with Gasteiger partial charge >= 0.3 is 6.09 Å². The maximum absolute atomic E-state index is 11.7. The van der Waals surface area contributed by atoms with Gasteiger partial charge in [0, 0.05) is 38.9 Å². The Kier molecular flexibility index (Phi) is 5.68. The van der Waals surface area contributed by atoms with Crippen LogP contribution in [0.25, 0.3) is 0 Å². The second-order valence-corrected chi connectivity index (χ2v) is 7.14. The predicted octanol–water partition coefficient (Wildman–Crippen LogP) is 2.01. The molecule has 28 heavy (non-hydrogen) atoms. The number of ether oxygens (including phenoxy) is 1. The van der Waals surface area contributed by atoms with E-state index in [4.69, 9.17) is 4.74 Å². The number of hydrogen-bond donors (Lipinski definition) is 2. The zero-order valence-electron chi connectivity index (χ0n) is 16.1. The number of rotatable bonds is 6. The second kappa shape index (κ2) is 8.53. The molecule has 2 aliphatic heterocycles. The first-order chi connectivity index (χ1) is 13.7. The van der Waals surface area contributed by atoms with Crippen LogP contribution in [-0.2, 0) is 11.3 Å². The molecule has 0 unspecified atom stereocenters. The number of benzene rings is 1. The first-order valence-electron chi connectivity index (χ1n) is 9.75. The van der Waals surface area contributed by atoms with Crippen molar-refractivity contribution in [1.82, 2.24) is 20.2 Å². The van der Waals surface area contributed by atoms with Crippen LogP contribution >= 0.6 is 0 Å². The molecule has 0 aliphatic carbocycles. The number of amides is 1. The van der Waals surface area contributed by atoms with Crippen molar-refractivity contribution in [3.63, 3.8) is 0 Å². The van der Waals surface area contributed by atoms with Crippen molar-refractivity contribution in [3.8, 4) is 0 Å². The van der Waals surface area contributed by atoms with Gasteiger partial charge in [0.1, 0.15) is 12.4 Å². The normalized spacial score (nSPS) is 18.8. The van der Waals surface area contributed by atoms with Crippen LogP contribution in [0, 0.1) is 0 Å². The van der Waals surface area contributed by atoms with E-state index in [2.05, 4.69) is 56.7 Å². The molecule has 2 saturated heterocycles. The molecule has 0 spiro atoms. The average molecular weight is 382 g/mol. The molecule has 0 bridgehead atoms. The van der Waals surface area contributed by atoms with Crippen LogP contribution in [0.4, 0.5) is 16.6 Å². The van der Waals surface area contributed by atoms with Gasteiger partial charge in [-0.25, -0.2) is 9.78 Å². The summed E-state index contributed by atoms with van der Waals surface area (Å²) < 4.78 is 4.98. The van der Waals surface area contributed by atoms with E-state index in [1.54, 1.807) is 12.3 Å². The van der Waals surface area contributed by atoms with Crippen molar-refractivity contribution in [1.29, 1.82) is 0 Å². The van der Waals surface area contributed by atoms with Gasteiger partial charge in [0.15, 0.2) is 0 Å². The van der Waals surface area contributed by atoms with Crippen LogP contribution in [-0.4, -0.2) is 60.3 Å². The minimum atomic E-state index is -0.363. The van der Waals surface area contributed by atoms with E-state index in [0.29, 0.717) is 24.9 Å². The lowest BCUT2D eigenvalue weighted by Gasteiger charge is -2.27. The van der Waals surface area contributed by atoms with Crippen molar-refractivity contribution >= 4 is 17.9 Å². The first kappa shape index (κ1) is 18.6. The molecule has 2 aromatic rings. The van der Waals surface area contributed by atoms with Gasteiger partial charge in [0.25, 0.3) is 0 Å². The van der Waals surface area contributed by atoms with Crippen molar-refractivity contribution < 1.29 is 9.53 Å². The smallest absolute Gasteiger partial charge is 0.415 e. The summed E-state index contributed by atoms with van der Waals surface area (Å²) >= 11 is 0. The molecule has 2 fully saturated rings. The highest BCUT2D eigenvalue weighted by molar-refractivity contribution is 5.88. The molecule has 8 nitrogen and oxygen atoms in total. The molecule has 8 heteroatoms. The molecule has 148 valence electrons. The lowest BCUT2D eigenvalue weighted by molar-refractivity contribution is 0.181. The van der Waals surface area contributed by atoms with Gasteiger partial charge in [-0.2, -0.15) is 4.98 Å². The third-order valence-corrected chi connectivity index (χ3v) is 5.12. The Labute approximate surface area is 164 Å². The highest BCUT2D eigenvalue weighted by Gasteiger charge is 2.25. The van der Waals surface area contributed by atoms with Gasteiger partial charge in [-0.15, -0.1) is 0 Å². The van der Waals surface area contributed by atoms with Gasteiger partial charge in [-0.05, 0) is 24.1 Å². The summed E-state index contributed by atoms with van der Waals surface area (Å²) in [7, 11) is 0. The van der Waals surface area contributed by atoms with Crippen molar-refractivity contribution in [3.05, 3.63) is 47.7 Å². The number of aromatic nitrogens is 2. The van der Waals surface area contributed by atoms with Gasteiger partial charge < -0.3 is 15.4 Å². The number of hydrogen-bond acceptors (Lipinski definition) is 7. The number of cyclic esters (lactones) is 1. The minimum Gasteiger partial charge on any atom is -0.447 e. The maximum Gasteiger partial charge on any atom is 0.415 e. The van der Waals surface area contributed by atoms with Crippen molar-refractivity contribution in [2.24, 2.45) is 0 Å². The van der Waals surface area contributed by atoms with Gasteiger partial charge in [0.2, 0.25) is 5.95 Å². The molecule has 3 heterocycles. The summed E-state index contributed by atoms with van der Waals surface area (Å²) in [5.41, 5.74) is 2.49. The number of carbonyl (C=O) groups is 1. The van der Waals surface area contributed by atoms with Crippen molar-refractivity contribution in [2.45, 2.75) is 19.5 Å². The molecule has 1 aromatic heterocycles. The van der Waals surface area contributed by atoms with Crippen LogP contribution in [0.3, 0.4) is 0 Å². The van der Waals surface area contributed by atoms with E-state index in [-0.39, 0.29) is 12.1 Å². The largest absolute Gasteiger partial charge is 0.447 e. The van der Waals surface area contributed by atoms with E-state index < -0.39 is 0 Å². The summed E-state index contributed by atoms with van der Waals surface area (Å²) in [6.07, 6.45) is 1.29. The third kappa shape index (κ3) is 4.40. The molecule has 0 radical (unpaired) electrons. The summed E-state index contributed by atoms with van der Waals surface area (Å²) in [6, 6.07) is 10.4. The Hall–Kier alpha value is -2.71. The molecule has 1 aromatic carbocycles. The van der Waals surface area contributed by atoms with Gasteiger partial charge in [-0.1, -0.05) is 24.3 Å². The summed E-state index contributed by atoms with van der Waals surface area (Å²) in [5, 5.41) is 6.70. The molecule has 1 atom stereocenters. The molecule has 2 aliphatic rings. The molecular weight excluding hydrogens is 356 g/mol. The van der Waals surface area contributed by atoms with Crippen LogP contribution in [0.2, 0.25) is 0 Å². The number of nitrogens with one attached hydrogen (secondary N) is 2. The monoisotopic (exact) mass is 382 g/mol. The van der Waals surface area contributed by atoms with Crippen LogP contribution in [0.5, 0.6) is 0 Å². The predicted molar refractivity (Wildman–Crippen MR) is 107 cm³/mol. The number of anilines is 2. The Morgan fingerprint density at radius 1 is 1.18 bits per heavy atom. The minimum absolute atomic E-state index is 0.0500. The van der Waals surface area contributed by atoms with Crippen LogP contribution < -0.4 is 15.5 Å². The average Bonchev–Trinajstić information content (AvgIpc) is 3.15. The maximum atomic E-state index is 11.7. The zero-order chi connectivity index (χ0) is 19.3. The van der Waals surface area contributed by atoms with Gasteiger partial charge in [-0.3, -0.25) is 9.80 Å². The highest BCUT2D eigenvalue weighted by Crippen LogP contribution is 2.21. The Balaban J connectivity index is 1.38. The van der Waals surface area contributed by atoms with E-state index in [0.717, 1.165) is 32.7 Å². The molecule has 0 saturated carbocycles. The highest BCUT2D eigenvalue weighted by atomic mass is 16.6. The topological polar surface area (TPSA) is 82.6 Å². The lowest BCUT2D eigenvalue weighted by atomic mass is 10.1.